The van der Waals surface area contributed by atoms with Crippen molar-refractivity contribution in [3.05, 3.63) is 103 Å². The first-order chi connectivity index (χ1) is 25.4. The number of isothiocyanates is 1. The van der Waals surface area contributed by atoms with Crippen LogP contribution < -0.4 is 19.9 Å². The number of amidine groups is 1. The van der Waals surface area contributed by atoms with E-state index in [0.717, 1.165) is 29.7 Å². The van der Waals surface area contributed by atoms with E-state index in [9.17, 15) is 29.8 Å². The molecule has 0 atom stereocenters. The van der Waals surface area contributed by atoms with Gasteiger partial charge in [0.05, 0.1) is 42.5 Å². The SMILES string of the molecule is CC(=O)N=C=S.COc1cc([NH-])c(N)cn1.COc1cc([NH-])c([N+](=O)[O-])cn1.COc1cc2c(cn1)CC(=NC(C)=O)[N-]2.[NH-]c1cc(Cl)ncc1[N+](=O)[O-].[Y].[Y].[Y].[Y]. The fourth-order valence-electron chi connectivity index (χ4n) is 3.28. The Labute approximate surface area is 442 Å². The van der Waals surface area contributed by atoms with Crippen molar-refractivity contribution in [1.82, 2.24) is 19.9 Å². The number of hydrogen-bond acceptors (Lipinski definition) is 15. The van der Waals surface area contributed by atoms with Crippen molar-refractivity contribution >= 4 is 86.4 Å². The van der Waals surface area contributed by atoms with Crippen molar-refractivity contribution in [3.63, 3.8) is 0 Å². The first kappa shape index (κ1) is 62.0. The number of fused-ring (bicyclic) bond motifs is 1. The second-order valence-corrected chi connectivity index (χ2v) is 10.1. The van der Waals surface area contributed by atoms with Crippen LogP contribution in [-0.4, -0.2) is 73.9 Å². The average molecular weight is 1140 g/mol. The second kappa shape index (κ2) is 33.1. The average Bonchev–Trinajstić information content (AvgIpc) is 3.51. The Kier molecular flexibility index (Phi) is 35.3. The summed E-state index contributed by atoms with van der Waals surface area (Å²) in [6.45, 7) is 2.73. The van der Waals surface area contributed by atoms with Crippen LogP contribution in [0.3, 0.4) is 0 Å². The summed E-state index contributed by atoms with van der Waals surface area (Å²) in [5, 5.41) is 26.6. The van der Waals surface area contributed by atoms with E-state index in [1.54, 1.807) is 19.4 Å². The van der Waals surface area contributed by atoms with Crippen molar-refractivity contribution in [2.45, 2.75) is 20.3 Å². The van der Waals surface area contributed by atoms with Gasteiger partial charge in [0.1, 0.15) is 23.5 Å². The number of carbonyl (C=O) groups is 2. The Morgan fingerprint density at radius 1 is 0.793 bits per heavy atom. The number of thiocarbonyl (C=S) groups is 1. The van der Waals surface area contributed by atoms with Crippen LogP contribution in [0, 0.1) is 20.2 Å². The molecule has 22 nitrogen and oxygen atoms in total. The summed E-state index contributed by atoms with van der Waals surface area (Å²) < 4.78 is 14.4. The summed E-state index contributed by atoms with van der Waals surface area (Å²) in [5.41, 5.74) is 28.1. The van der Waals surface area contributed by atoms with Crippen LogP contribution >= 0.6 is 23.8 Å². The van der Waals surface area contributed by atoms with E-state index in [-0.39, 0.29) is 182 Å². The number of aliphatic imine (C=N–C) groups is 2. The molecule has 4 aromatic rings. The van der Waals surface area contributed by atoms with Crippen LogP contribution in [0.25, 0.3) is 22.5 Å². The number of anilines is 1. The number of pyridine rings is 4. The topological polar surface area (TPSA) is 336 Å². The minimum Gasteiger partial charge on any atom is -0.697 e. The molecule has 4 aromatic heterocycles. The first-order valence-corrected chi connectivity index (χ1v) is 15.1. The molecule has 1 aliphatic rings. The Bertz CT molecular complexity index is 2070. The maximum atomic E-state index is 10.8. The number of nitrogens with two attached hydrogens (primary N) is 1. The number of carbonyl (C=O) groups excluding carboxylic acids is 2. The van der Waals surface area contributed by atoms with Gasteiger partial charge in [-0.05, 0) is 55.0 Å². The van der Waals surface area contributed by atoms with Crippen molar-refractivity contribution in [2.24, 2.45) is 9.98 Å². The molecule has 298 valence electrons. The van der Waals surface area contributed by atoms with E-state index in [2.05, 4.69) is 52.2 Å². The minimum absolute atomic E-state index is 0. The zero-order chi connectivity index (χ0) is 41.0. The van der Waals surface area contributed by atoms with Crippen LogP contribution in [0.1, 0.15) is 19.4 Å². The fraction of sp³-hybridized carbons (Fsp3) is 0.200. The summed E-state index contributed by atoms with van der Waals surface area (Å²) >= 11 is 9.46. The fourth-order valence-corrected chi connectivity index (χ4v) is 3.57. The van der Waals surface area contributed by atoms with Gasteiger partial charge in [0.2, 0.25) is 17.6 Å². The van der Waals surface area contributed by atoms with E-state index < -0.39 is 9.85 Å². The van der Waals surface area contributed by atoms with Crippen LogP contribution in [0.5, 0.6) is 17.6 Å². The maximum Gasteiger partial charge on any atom is 0.272 e. The molecule has 58 heavy (non-hydrogen) atoms. The Hall–Kier alpha value is -2.68. The van der Waals surface area contributed by atoms with Crippen molar-refractivity contribution in [3.8, 4) is 17.6 Å². The molecular formula is C30H30ClN13O9SY4-4. The number of hydrogen-bond donors (Lipinski definition) is 1. The predicted molar refractivity (Wildman–Crippen MR) is 202 cm³/mol. The van der Waals surface area contributed by atoms with Gasteiger partial charge in [0.15, 0.2) is 0 Å². The molecule has 0 saturated heterocycles. The van der Waals surface area contributed by atoms with Crippen molar-refractivity contribution in [1.29, 1.82) is 0 Å². The number of rotatable bonds is 5. The van der Waals surface area contributed by atoms with Crippen LogP contribution in [0.15, 0.2) is 59.0 Å². The molecule has 2 amide bonds. The van der Waals surface area contributed by atoms with Gasteiger partial charge in [-0.2, -0.15) is 4.99 Å². The number of aromatic nitrogens is 4. The van der Waals surface area contributed by atoms with Crippen molar-refractivity contribution in [2.75, 3.05) is 27.1 Å². The number of halogens is 1. The predicted octanol–water partition coefficient (Wildman–Crippen LogP) is 7.59. The molecular weight excluding hydrogens is 1110 g/mol. The molecule has 5 N–H and O–H groups in total. The monoisotopic (exact) mass is 1140 g/mol. The van der Waals surface area contributed by atoms with Gasteiger partial charge >= 0.3 is 0 Å². The number of ether oxygens (including phenoxy) is 3. The molecule has 4 radical (unpaired) electrons. The van der Waals surface area contributed by atoms with E-state index in [4.69, 9.17) is 44.0 Å². The van der Waals surface area contributed by atoms with Gasteiger partial charge in [-0.3, -0.25) is 29.8 Å². The normalized spacial score (nSPS) is 10.1. The molecule has 0 fully saturated rings. The van der Waals surface area contributed by atoms with Gasteiger partial charge in [-0.1, -0.05) is 28.8 Å². The number of nitrogens with zero attached hydrogens (tertiary/aromatic N) is 9. The Morgan fingerprint density at radius 2 is 1.24 bits per heavy atom. The molecule has 0 aromatic carbocycles. The number of nitrogens with one attached hydrogen (secondary N) is 3. The number of methoxy groups -OCH3 is 3. The van der Waals surface area contributed by atoms with Gasteiger partial charge in [0, 0.05) is 156 Å². The molecule has 1 aliphatic heterocycles. The zero-order valence-corrected chi connectivity index (χ0v) is 44.1. The third-order valence-corrected chi connectivity index (χ3v) is 5.96. The number of amides is 2. The maximum absolute atomic E-state index is 10.8. The quantitative estimate of drug-likeness (QED) is 0.0661. The summed E-state index contributed by atoms with van der Waals surface area (Å²) in [6.07, 6.45) is 5.62. The largest absolute Gasteiger partial charge is 0.697 e. The Balaban J connectivity index is -0.000000316. The number of nitro groups is 2. The smallest absolute Gasteiger partial charge is 0.272 e. The molecule has 5 heterocycles. The van der Waals surface area contributed by atoms with Gasteiger partial charge < -0.3 is 47.5 Å². The van der Waals surface area contributed by atoms with E-state index >= 15 is 0 Å². The third kappa shape index (κ3) is 23.8. The van der Waals surface area contributed by atoms with Gasteiger partial charge in [0.25, 0.3) is 17.3 Å². The molecule has 0 aliphatic carbocycles. The number of nitrogen functional groups attached to an aromatic ring is 1. The molecule has 0 unspecified atom stereocenters. The van der Waals surface area contributed by atoms with E-state index in [1.165, 1.54) is 46.4 Å². The van der Waals surface area contributed by atoms with E-state index in [1.807, 2.05) is 5.16 Å². The molecule has 28 heteroatoms. The van der Waals surface area contributed by atoms with E-state index in [0.29, 0.717) is 29.7 Å². The Morgan fingerprint density at radius 3 is 1.64 bits per heavy atom. The van der Waals surface area contributed by atoms with Crippen LogP contribution in [0.2, 0.25) is 5.15 Å². The third-order valence-electron chi connectivity index (χ3n) is 5.66. The van der Waals surface area contributed by atoms with Gasteiger partial charge in [-0.15, -0.1) is 5.69 Å². The standard InChI is InChI=1S/C10H11N3O2.C6H6N3O3.C6H8N3O.C5H3ClN3O2.C3H3NOS.4Y/c1-6(14)12-9-3-7-5-11-10(15-2)4-8(7)13-9;1-12-6-2-4(7)5(3-8-6)9(10)11;1-10-6-2-4(7)5(8)3-9-6;6-5-1-3(7)4(2-8-5)9(10)11;1-3(5)4-2-6;;;;/h4-5H,3H2,1-2H3,(H,11,12,13,14);2-3H,1H3,(H-,7,8);2-3H,8H2,1H3,(H-,7,9);1-2H,(H-,7,8);1H3;;;;/q;3*-1;;;;;/p-1. The molecule has 0 spiro atoms. The zero-order valence-electron chi connectivity index (χ0n) is 31.2. The summed E-state index contributed by atoms with van der Waals surface area (Å²) in [7, 11) is 4.43. The summed E-state index contributed by atoms with van der Waals surface area (Å²) in [5.74, 6) is 1.13. The first-order valence-electron chi connectivity index (χ1n) is 14.3. The second-order valence-electron chi connectivity index (χ2n) is 9.51. The van der Waals surface area contributed by atoms with Crippen LogP contribution in [0.4, 0.5) is 39.8 Å². The summed E-state index contributed by atoms with van der Waals surface area (Å²) in [6, 6.07) is 5.52. The minimum atomic E-state index is -0.675. The molecule has 5 rings (SSSR count). The molecule has 0 bridgehead atoms. The van der Waals surface area contributed by atoms with Gasteiger partial charge in [-0.25, -0.2) is 19.9 Å². The molecule has 0 saturated carbocycles. The summed E-state index contributed by atoms with van der Waals surface area (Å²) in [4.78, 5) is 61.3. The van der Waals surface area contributed by atoms with Crippen LogP contribution in [-0.2, 0) is 147 Å². The van der Waals surface area contributed by atoms with Crippen molar-refractivity contribution < 1.29 is 164 Å².